The molecule has 0 radical (unpaired) electrons. The predicted molar refractivity (Wildman–Crippen MR) is 91.7 cm³/mol. The maximum absolute atomic E-state index is 5.54. The first-order chi connectivity index (χ1) is 9.91. The van der Waals surface area contributed by atoms with Gasteiger partial charge >= 0.3 is 0 Å². The van der Waals surface area contributed by atoms with Crippen LogP contribution >= 0.6 is 0 Å². The van der Waals surface area contributed by atoms with Gasteiger partial charge in [0.05, 0.1) is 13.2 Å². The lowest BCUT2D eigenvalue weighted by atomic mass is 9.87. The minimum atomic E-state index is 0.555. The van der Waals surface area contributed by atoms with Crippen molar-refractivity contribution in [1.82, 2.24) is 0 Å². The molecule has 1 fully saturated rings. The van der Waals surface area contributed by atoms with E-state index >= 15 is 0 Å². The molecule has 0 atom stereocenters. The third kappa shape index (κ3) is 3.60. The monoisotopic (exact) mass is 289 g/mol. The molecule has 0 aliphatic carbocycles. The molecule has 0 amide bonds. The van der Waals surface area contributed by atoms with Crippen molar-refractivity contribution in [1.29, 1.82) is 0 Å². The number of ether oxygens (including phenoxy) is 1. The van der Waals surface area contributed by atoms with Crippen LogP contribution in [0.5, 0.6) is 0 Å². The Morgan fingerprint density at radius 3 is 1.67 bits per heavy atom. The summed E-state index contributed by atoms with van der Waals surface area (Å²) < 4.78 is 5.54. The van der Waals surface area contributed by atoms with Gasteiger partial charge in [-0.25, -0.2) is 0 Å². The number of morpholine rings is 1. The molecule has 0 bridgehead atoms. The lowest BCUT2D eigenvalue weighted by Gasteiger charge is -2.35. The van der Waals surface area contributed by atoms with Gasteiger partial charge in [0.15, 0.2) is 0 Å². The summed E-state index contributed by atoms with van der Waals surface area (Å²) in [7, 11) is 0. The minimum Gasteiger partial charge on any atom is -0.378 e. The molecule has 2 nitrogen and oxygen atoms in total. The van der Waals surface area contributed by atoms with Crippen LogP contribution in [0.4, 0.5) is 5.69 Å². The number of nitrogens with zero attached hydrogens (tertiary/aromatic N) is 1. The summed E-state index contributed by atoms with van der Waals surface area (Å²) in [4.78, 5) is 2.54. The maximum Gasteiger partial charge on any atom is 0.0642 e. The van der Waals surface area contributed by atoms with E-state index in [1.807, 2.05) is 0 Å². The molecule has 118 valence electrons. The fourth-order valence-electron chi connectivity index (χ4n) is 3.07. The Bertz CT molecular complexity index is 441. The maximum atomic E-state index is 5.54. The van der Waals surface area contributed by atoms with Gasteiger partial charge in [0, 0.05) is 18.8 Å². The van der Waals surface area contributed by atoms with E-state index in [9.17, 15) is 0 Å². The molecular formula is C19H31NO. The second kappa shape index (κ2) is 6.83. The normalized spacial score (nSPS) is 16.3. The molecule has 0 unspecified atom stereocenters. The van der Waals surface area contributed by atoms with E-state index in [1.165, 1.54) is 22.4 Å². The fraction of sp³-hybridized carbons (Fsp3) is 0.684. The van der Waals surface area contributed by atoms with Gasteiger partial charge in [0.25, 0.3) is 0 Å². The molecule has 1 aliphatic rings. The molecule has 1 aliphatic heterocycles. The zero-order valence-corrected chi connectivity index (χ0v) is 14.6. The molecule has 1 heterocycles. The molecule has 1 aromatic carbocycles. The Kier molecular flexibility index (Phi) is 5.32. The van der Waals surface area contributed by atoms with Crippen LogP contribution in [0.15, 0.2) is 12.1 Å². The van der Waals surface area contributed by atoms with Gasteiger partial charge in [-0.05, 0) is 34.4 Å². The first-order valence-corrected chi connectivity index (χ1v) is 8.42. The highest BCUT2D eigenvalue weighted by Gasteiger charge is 2.22. The van der Waals surface area contributed by atoms with Gasteiger partial charge in [0.1, 0.15) is 0 Å². The smallest absolute Gasteiger partial charge is 0.0642 e. The van der Waals surface area contributed by atoms with Gasteiger partial charge in [-0.2, -0.15) is 0 Å². The quantitative estimate of drug-likeness (QED) is 0.782. The van der Waals surface area contributed by atoms with Gasteiger partial charge in [0.2, 0.25) is 0 Å². The van der Waals surface area contributed by atoms with Crippen molar-refractivity contribution in [3.05, 3.63) is 28.8 Å². The lowest BCUT2D eigenvalue weighted by molar-refractivity contribution is 0.122. The molecule has 2 rings (SSSR count). The summed E-state index contributed by atoms with van der Waals surface area (Å²) >= 11 is 0. The summed E-state index contributed by atoms with van der Waals surface area (Å²) in [5.74, 6) is 1.69. The van der Waals surface area contributed by atoms with Crippen molar-refractivity contribution in [2.45, 2.75) is 59.3 Å². The van der Waals surface area contributed by atoms with E-state index in [0.717, 1.165) is 26.3 Å². The Labute approximate surface area is 130 Å². The second-order valence-corrected chi connectivity index (χ2v) is 7.11. The topological polar surface area (TPSA) is 12.5 Å². The largest absolute Gasteiger partial charge is 0.378 e. The van der Waals surface area contributed by atoms with Crippen molar-refractivity contribution in [3.8, 4) is 0 Å². The summed E-state index contributed by atoms with van der Waals surface area (Å²) in [6.45, 7) is 17.6. The van der Waals surface area contributed by atoms with E-state index in [-0.39, 0.29) is 0 Å². The van der Waals surface area contributed by atoms with Crippen LogP contribution in [0.1, 0.15) is 76.0 Å². The average Bonchev–Trinajstić information content (AvgIpc) is 2.46. The van der Waals surface area contributed by atoms with Crippen LogP contribution in [0.3, 0.4) is 0 Å². The summed E-state index contributed by atoms with van der Waals surface area (Å²) in [5.41, 5.74) is 5.96. The van der Waals surface area contributed by atoms with E-state index < -0.39 is 0 Å². The number of benzene rings is 1. The van der Waals surface area contributed by atoms with Gasteiger partial charge < -0.3 is 9.64 Å². The molecule has 0 spiro atoms. The van der Waals surface area contributed by atoms with Crippen LogP contribution in [0.2, 0.25) is 0 Å². The molecular weight excluding hydrogens is 258 g/mol. The molecule has 1 saturated heterocycles. The summed E-state index contributed by atoms with van der Waals surface area (Å²) in [6, 6.07) is 4.87. The van der Waals surface area contributed by atoms with Gasteiger partial charge in [-0.15, -0.1) is 0 Å². The Morgan fingerprint density at radius 1 is 0.810 bits per heavy atom. The van der Waals surface area contributed by atoms with E-state index in [1.54, 1.807) is 0 Å². The molecule has 0 saturated carbocycles. The number of hydrogen-bond donors (Lipinski definition) is 0. The first-order valence-electron chi connectivity index (χ1n) is 8.42. The van der Waals surface area contributed by atoms with Crippen LogP contribution in [-0.2, 0) is 4.74 Å². The summed E-state index contributed by atoms with van der Waals surface area (Å²) in [6.07, 6.45) is 0. The highest BCUT2D eigenvalue weighted by atomic mass is 16.5. The lowest BCUT2D eigenvalue weighted by Crippen LogP contribution is -2.37. The van der Waals surface area contributed by atoms with Crippen LogP contribution < -0.4 is 4.90 Å². The predicted octanol–water partition coefficient (Wildman–Crippen LogP) is 4.89. The number of hydrogen-bond acceptors (Lipinski definition) is 2. The third-order valence-corrected chi connectivity index (χ3v) is 4.43. The zero-order valence-electron chi connectivity index (χ0n) is 14.6. The highest BCUT2D eigenvalue weighted by molar-refractivity contribution is 5.64. The minimum absolute atomic E-state index is 0.555. The molecule has 21 heavy (non-hydrogen) atoms. The van der Waals surface area contributed by atoms with E-state index in [2.05, 4.69) is 58.6 Å². The van der Waals surface area contributed by atoms with Crippen molar-refractivity contribution >= 4 is 5.69 Å². The molecule has 2 heteroatoms. The highest BCUT2D eigenvalue weighted by Crippen LogP contribution is 2.38. The number of anilines is 1. The van der Waals surface area contributed by atoms with Crippen LogP contribution in [0.25, 0.3) is 0 Å². The van der Waals surface area contributed by atoms with E-state index in [0.29, 0.717) is 17.8 Å². The van der Waals surface area contributed by atoms with Crippen molar-refractivity contribution in [3.63, 3.8) is 0 Å². The van der Waals surface area contributed by atoms with Crippen molar-refractivity contribution < 1.29 is 4.74 Å². The molecule has 0 N–H and O–H groups in total. The van der Waals surface area contributed by atoms with Crippen LogP contribution in [0, 0.1) is 0 Å². The SMILES string of the molecule is CC(C)c1cc(C(C)C)c(N2CCOCC2)c(C(C)C)c1. The van der Waals surface area contributed by atoms with Crippen molar-refractivity contribution in [2.75, 3.05) is 31.2 Å². The van der Waals surface area contributed by atoms with Crippen LogP contribution in [-0.4, -0.2) is 26.3 Å². The zero-order chi connectivity index (χ0) is 15.6. The summed E-state index contributed by atoms with van der Waals surface area (Å²) in [5, 5.41) is 0. The Morgan fingerprint density at radius 2 is 1.29 bits per heavy atom. The fourth-order valence-corrected chi connectivity index (χ4v) is 3.07. The third-order valence-electron chi connectivity index (χ3n) is 4.43. The Balaban J connectivity index is 2.57. The Hall–Kier alpha value is -1.02. The first kappa shape index (κ1) is 16.4. The second-order valence-electron chi connectivity index (χ2n) is 7.11. The van der Waals surface area contributed by atoms with Crippen molar-refractivity contribution in [2.24, 2.45) is 0 Å². The van der Waals surface area contributed by atoms with Gasteiger partial charge in [-0.3, -0.25) is 0 Å². The average molecular weight is 289 g/mol. The molecule has 1 aromatic rings. The van der Waals surface area contributed by atoms with E-state index in [4.69, 9.17) is 4.74 Å². The standard InChI is InChI=1S/C19H31NO/c1-13(2)16-11-17(14(3)4)19(18(12-16)15(5)6)20-7-9-21-10-8-20/h11-15H,7-10H2,1-6H3. The molecule has 0 aromatic heterocycles. The van der Waals surface area contributed by atoms with Gasteiger partial charge in [-0.1, -0.05) is 53.7 Å². The number of rotatable bonds is 4.